The third-order valence-corrected chi connectivity index (χ3v) is 3.98. The molecule has 104 valence electrons. The number of rotatable bonds is 2. The lowest BCUT2D eigenvalue weighted by atomic mass is 10.1. The van der Waals surface area contributed by atoms with Crippen LogP contribution in [0.2, 0.25) is 5.02 Å². The minimum absolute atomic E-state index is 0.609. The van der Waals surface area contributed by atoms with Gasteiger partial charge in [-0.25, -0.2) is 4.98 Å². The molecule has 2 aromatic carbocycles. The molecule has 0 fully saturated rings. The van der Waals surface area contributed by atoms with Gasteiger partial charge in [0.2, 0.25) is 0 Å². The second-order valence-corrected chi connectivity index (χ2v) is 5.59. The molecule has 0 aliphatic rings. The van der Waals surface area contributed by atoms with E-state index in [0.29, 0.717) is 9.66 Å². The summed E-state index contributed by atoms with van der Waals surface area (Å²) >= 11 is 11.3. The molecule has 2 nitrogen and oxygen atoms in total. The number of aromatic amines is 1. The van der Waals surface area contributed by atoms with Gasteiger partial charge in [0.1, 0.15) is 10.5 Å². The van der Waals surface area contributed by atoms with Crippen molar-refractivity contribution in [2.75, 3.05) is 0 Å². The smallest absolute Gasteiger partial charge is 0.139 e. The summed E-state index contributed by atoms with van der Waals surface area (Å²) in [6.45, 7) is 1.99. The quantitative estimate of drug-likeness (QED) is 0.639. The minimum atomic E-state index is 0.609. The van der Waals surface area contributed by atoms with E-state index in [1.54, 1.807) is 0 Å². The van der Waals surface area contributed by atoms with E-state index in [2.05, 4.69) is 22.1 Å². The van der Waals surface area contributed by atoms with Gasteiger partial charge in [0, 0.05) is 16.1 Å². The first-order valence-electron chi connectivity index (χ1n) is 6.57. The van der Waals surface area contributed by atoms with E-state index in [1.165, 1.54) is 0 Å². The Kier molecular flexibility index (Phi) is 3.86. The zero-order valence-corrected chi connectivity index (χ0v) is 13.0. The predicted octanol–water partition coefficient (Wildman–Crippen LogP) is 5.44. The van der Waals surface area contributed by atoms with Gasteiger partial charge in [-0.3, -0.25) is 0 Å². The van der Waals surface area contributed by atoms with Gasteiger partial charge in [0.05, 0.1) is 5.69 Å². The average molecular weight is 313 g/mol. The molecule has 1 aromatic heterocycles. The lowest BCUT2D eigenvalue weighted by Gasteiger charge is -2.10. The van der Waals surface area contributed by atoms with Crippen LogP contribution in [0.5, 0.6) is 0 Å². The Balaban J connectivity index is 2.19. The van der Waals surface area contributed by atoms with Gasteiger partial charge >= 0.3 is 0 Å². The molecule has 21 heavy (non-hydrogen) atoms. The predicted molar refractivity (Wildman–Crippen MR) is 90.0 cm³/mol. The number of hydrogen-bond acceptors (Lipinski definition) is 2. The van der Waals surface area contributed by atoms with Gasteiger partial charge in [-0.15, -0.1) is 0 Å². The Morgan fingerprint density at radius 3 is 2.29 bits per heavy atom. The van der Waals surface area contributed by atoms with Gasteiger partial charge in [0.15, 0.2) is 0 Å². The van der Waals surface area contributed by atoms with Crippen molar-refractivity contribution in [2.45, 2.75) is 6.92 Å². The molecular weight excluding hydrogens is 300 g/mol. The maximum absolute atomic E-state index is 5.93. The highest BCUT2D eigenvalue weighted by atomic mass is 35.5. The molecule has 1 heterocycles. The van der Waals surface area contributed by atoms with E-state index in [1.807, 2.05) is 49.4 Å². The molecule has 0 saturated carbocycles. The SMILES string of the molecule is Cc1c(-c2ccccc2)[nH]c(-c2ccc(Cl)cc2)nc1=S. The van der Waals surface area contributed by atoms with Crippen LogP contribution in [0, 0.1) is 11.6 Å². The Hall–Kier alpha value is -1.97. The first kappa shape index (κ1) is 14.0. The second-order valence-electron chi connectivity index (χ2n) is 4.76. The summed E-state index contributed by atoms with van der Waals surface area (Å²) in [7, 11) is 0. The standard InChI is InChI=1S/C17H13ClN2S/c1-11-15(12-5-3-2-4-6-12)19-16(20-17(11)21)13-7-9-14(18)10-8-13/h2-10H,1H3,(H,19,20,21). The molecule has 0 amide bonds. The monoisotopic (exact) mass is 312 g/mol. The van der Waals surface area contributed by atoms with Gasteiger partial charge in [-0.05, 0) is 36.8 Å². The molecule has 3 rings (SSSR count). The summed E-state index contributed by atoms with van der Waals surface area (Å²) in [5, 5.41) is 0.702. The lowest BCUT2D eigenvalue weighted by Crippen LogP contribution is -1.97. The Morgan fingerprint density at radius 2 is 1.62 bits per heavy atom. The third-order valence-electron chi connectivity index (χ3n) is 3.33. The molecule has 3 aromatic rings. The lowest BCUT2D eigenvalue weighted by molar-refractivity contribution is 1.12. The van der Waals surface area contributed by atoms with Crippen LogP contribution < -0.4 is 0 Å². The highest BCUT2D eigenvalue weighted by molar-refractivity contribution is 7.71. The average Bonchev–Trinajstić information content (AvgIpc) is 2.51. The van der Waals surface area contributed by atoms with E-state index in [-0.39, 0.29) is 0 Å². The maximum atomic E-state index is 5.93. The number of aromatic nitrogens is 2. The zero-order chi connectivity index (χ0) is 14.8. The fourth-order valence-electron chi connectivity index (χ4n) is 2.17. The fraction of sp³-hybridized carbons (Fsp3) is 0.0588. The Morgan fingerprint density at radius 1 is 0.952 bits per heavy atom. The molecule has 0 aliphatic heterocycles. The van der Waals surface area contributed by atoms with Crippen molar-refractivity contribution in [1.29, 1.82) is 0 Å². The largest absolute Gasteiger partial charge is 0.339 e. The third kappa shape index (κ3) is 2.89. The Bertz CT molecular complexity index is 824. The number of hydrogen-bond donors (Lipinski definition) is 1. The number of halogens is 1. The van der Waals surface area contributed by atoms with Crippen LogP contribution in [0.3, 0.4) is 0 Å². The van der Waals surface area contributed by atoms with Gasteiger partial charge in [-0.1, -0.05) is 54.2 Å². The highest BCUT2D eigenvalue weighted by Crippen LogP contribution is 2.25. The van der Waals surface area contributed by atoms with Crippen molar-refractivity contribution >= 4 is 23.8 Å². The fourth-order valence-corrected chi connectivity index (χ4v) is 2.49. The maximum Gasteiger partial charge on any atom is 0.139 e. The van der Waals surface area contributed by atoms with Crippen molar-refractivity contribution in [3.8, 4) is 22.6 Å². The number of nitrogens with one attached hydrogen (secondary N) is 1. The zero-order valence-electron chi connectivity index (χ0n) is 11.4. The number of H-pyrrole nitrogens is 1. The summed E-state index contributed by atoms with van der Waals surface area (Å²) < 4.78 is 0.609. The van der Waals surface area contributed by atoms with Crippen molar-refractivity contribution in [3.05, 3.63) is 69.8 Å². The van der Waals surface area contributed by atoms with E-state index in [0.717, 1.165) is 28.2 Å². The molecule has 0 unspecified atom stereocenters. The van der Waals surface area contributed by atoms with Crippen LogP contribution >= 0.6 is 23.8 Å². The van der Waals surface area contributed by atoms with Crippen LogP contribution in [0.1, 0.15) is 5.56 Å². The van der Waals surface area contributed by atoms with E-state index in [4.69, 9.17) is 23.8 Å². The molecule has 0 aliphatic carbocycles. The van der Waals surface area contributed by atoms with Crippen LogP contribution in [-0.2, 0) is 0 Å². The van der Waals surface area contributed by atoms with Crippen LogP contribution in [0.15, 0.2) is 54.6 Å². The molecule has 4 heteroatoms. The van der Waals surface area contributed by atoms with E-state index < -0.39 is 0 Å². The first-order chi connectivity index (χ1) is 10.1. The van der Waals surface area contributed by atoms with Crippen molar-refractivity contribution in [2.24, 2.45) is 0 Å². The summed E-state index contributed by atoms with van der Waals surface area (Å²) in [4.78, 5) is 7.86. The normalized spacial score (nSPS) is 10.6. The Labute approximate surface area is 133 Å². The summed E-state index contributed by atoms with van der Waals surface area (Å²) in [5.41, 5.74) is 4.04. The van der Waals surface area contributed by atoms with Crippen molar-refractivity contribution in [3.63, 3.8) is 0 Å². The molecule has 0 atom stereocenters. The molecule has 1 N–H and O–H groups in total. The van der Waals surface area contributed by atoms with E-state index in [9.17, 15) is 0 Å². The number of nitrogens with zero attached hydrogens (tertiary/aromatic N) is 1. The van der Waals surface area contributed by atoms with Gasteiger partial charge < -0.3 is 4.98 Å². The molecule has 0 bridgehead atoms. The van der Waals surface area contributed by atoms with Gasteiger partial charge in [0.25, 0.3) is 0 Å². The number of benzene rings is 2. The van der Waals surface area contributed by atoms with Crippen LogP contribution in [0.25, 0.3) is 22.6 Å². The first-order valence-corrected chi connectivity index (χ1v) is 7.36. The second kappa shape index (κ2) is 5.80. The van der Waals surface area contributed by atoms with Gasteiger partial charge in [-0.2, -0.15) is 0 Å². The molecular formula is C17H13ClN2S. The molecule has 0 saturated heterocycles. The minimum Gasteiger partial charge on any atom is -0.339 e. The van der Waals surface area contributed by atoms with E-state index >= 15 is 0 Å². The highest BCUT2D eigenvalue weighted by Gasteiger charge is 2.08. The molecule has 0 spiro atoms. The van der Waals surface area contributed by atoms with Crippen LogP contribution in [0.4, 0.5) is 0 Å². The molecule has 0 radical (unpaired) electrons. The van der Waals surface area contributed by atoms with Crippen molar-refractivity contribution in [1.82, 2.24) is 9.97 Å². The topological polar surface area (TPSA) is 28.7 Å². The van der Waals surface area contributed by atoms with Crippen LogP contribution in [-0.4, -0.2) is 9.97 Å². The van der Waals surface area contributed by atoms with Crippen molar-refractivity contribution < 1.29 is 0 Å². The summed E-state index contributed by atoms with van der Waals surface area (Å²) in [6.07, 6.45) is 0. The summed E-state index contributed by atoms with van der Waals surface area (Å²) in [6, 6.07) is 17.7. The summed E-state index contributed by atoms with van der Waals surface area (Å²) in [5.74, 6) is 0.751.